The van der Waals surface area contributed by atoms with Gasteiger partial charge >= 0.3 is 6.18 Å². The van der Waals surface area contributed by atoms with Crippen LogP contribution in [0.15, 0.2) is 18.2 Å². The smallest absolute Gasteiger partial charge is 0.389 e. The van der Waals surface area contributed by atoms with Gasteiger partial charge in [-0.25, -0.2) is 0 Å². The average Bonchev–Trinajstić information content (AvgIpc) is 2.89. The van der Waals surface area contributed by atoms with E-state index < -0.39 is 11.7 Å². The highest BCUT2D eigenvalue weighted by molar-refractivity contribution is 7.80. The standard InChI is InChI=1S/C13H15F3N2OS/c1-18(9-4-5-19-7-9)11-3-2-8(13(14,15)16)6-10(11)12(17)20/h2-3,6,9H,4-5,7H2,1H3,(H2,17,20). The lowest BCUT2D eigenvalue weighted by Gasteiger charge is -2.28. The van der Waals surface area contributed by atoms with Crippen molar-refractivity contribution in [3.63, 3.8) is 0 Å². The van der Waals surface area contributed by atoms with Crippen LogP contribution in [-0.2, 0) is 10.9 Å². The molecule has 3 nitrogen and oxygen atoms in total. The highest BCUT2D eigenvalue weighted by Crippen LogP contribution is 2.33. The van der Waals surface area contributed by atoms with E-state index in [4.69, 9.17) is 22.7 Å². The molecule has 1 heterocycles. The highest BCUT2D eigenvalue weighted by atomic mass is 32.1. The van der Waals surface area contributed by atoms with Gasteiger partial charge in [0.25, 0.3) is 0 Å². The Hall–Kier alpha value is -1.34. The minimum atomic E-state index is -4.41. The van der Waals surface area contributed by atoms with Crippen LogP contribution in [0, 0.1) is 0 Å². The second kappa shape index (κ2) is 5.57. The minimum absolute atomic E-state index is 0.0446. The van der Waals surface area contributed by atoms with E-state index in [2.05, 4.69) is 0 Å². The first-order chi connectivity index (χ1) is 9.30. The number of halogens is 3. The first-order valence-electron chi connectivity index (χ1n) is 6.12. The maximum absolute atomic E-state index is 12.7. The fraction of sp³-hybridized carbons (Fsp3) is 0.462. The number of thiocarbonyl (C=S) groups is 1. The second-order valence-corrected chi connectivity index (χ2v) is 5.16. The van der Waals surface area contributed by atoms with E-state index in [0.29, 0.717) is 18.9 Å². The number of rotatable bonds is 3. The third-order valence-corrected chi connectivity index (χ3v) is 3.64. The number of nitrogens with two attached hydrogens (primary N) is 1. The zero-order valence-electron chi connectivity index (χ0n) is 10.9. The molecule has 1 fully saturated rings. The largest absolute Gasteiger partial charge is 0.416 e. The number of alkyl halides is 3. The minimum Gasteiger partial charge on any atom is -0.389 e. The number of ether oxygens (including phenoxy) is 1. The fourth-order valence-corrected chi connectivity index (χ4v) is 2.41. The molecule has 2 rings (SSSR count). The summed E-state index contributed by atoms with van der Waals surface area (Å²) in [6.07, 6.45) is -3.58. The highest BCUT2D eigenvalue weighted by Gasteiger charge is 2.32. The molecule has 0 saturated carbocycles. The molecule has 1 unspecified atom stereocenters. The van der Waals surface area contributed by atoms with Crippen LogP contribution in [0.4, 0.5) is 18.9 Å². The Morgan fingerprint density at radius 3 is 2.65 bits per heavy atom. The molecular weight excluding hydrogens is 289 g/mol. The molecule has 1 aliphatic rings. The summed E-state index contributed by atoms with van der Waals surface area (Å²) in [5.41, 5.74) is 5.66. The summed E-state index contributed by atoms with van der Waals surface area (Å²) < 4.78 is 43.5. The molecule has 2 N–H and O–H groups in total. The van der Waals surface area contributed by atoms with Crippen LogP contribution >= 0.6 is 12.2 Å². The van der Waals surface area contributed by atoms with Gasteiger partial charge in [-0.05, 0) is 24.6 Å². The van der Waals surface area contributed by atoms with Gasteiger partial charge in [-0.15, -0.1) is 0 Å². The second-order valence-electron chi connectivity index (χ2n) is 4.72. The molecule has 110 valence electrons. The first kappa shape index (κ1) is 15.1. The van der Waals surface area contributed by atoms with Crippen molar-refractivity contribution in [3.8, 4) is 0 Å². The van der Waals surface area contributed by atoms with E-state index in [9.17, 15) is 13.2 Å². The summed E-state index contributed by atoms with van der Waals surface area (Å²) in [5, 5.41) is 0. The van der Waals surface area contributed by atoms with Crippen molar-refractivity contribution in [3.05, 3.63) is 29.3 Å². The predicted octanol–water partition coefficient (Wildman–Crippen LogP) is 2.56. The Kier molecular flexibility index (Phi) is 4.19. The molecule has 1 atom stereocenters. The molecule has 20 heavy (non-hydrogen) atoms. The van der Waals surface area contributed by atoms with Gasteiger partial charge < -0.3 is 15.4 Å². The van der Waals surface area contributed by atoms with Gasteiger partial charge in [0, 0.05) is 24.9 Å². The van der Waals surface area contributed by atoms with Crippen LogP contribution < -0.4 is 10.6 Å². The lowest BCUT2D eigenvalue weighted by Crippen LogP contribution is -2.33. The van der Waals surface area contributed by atoms with Crippen LogP contribution in [0.5, 0.6) is 0 Å². The zero-order chi connectivity index (χ0) is 14.9. The van der Waals surface area contributed by atoms with Crippen molar-refractivity contribution in [1.29, 1.82) is 0 Å². The Labute approximate surface area is 120 Å². The Morgan fingerprint density at radius 2 is 2.15 bits per heavy atom. The summed E-state index contributed by atoms with van der Waals surface area (Å²) in [5.74, 6) is 0. The average molecular weight is 304 g/mol. The Bertz CT molecular complexity index is 513. The van der Waals surface area contributed by atoms with E-state index in [1.54, 1.807) is 0 Å². The molecule has 7 heteroatoms. The lowest BCUT2D eigenvalue weighted by atomic mass is 10.1. The maximum Gasteiger partial charge on any atom is 0.416 e. The fourth-order valence-electron chi connectivity index (χ4n) is 2.24. The first-order valence-corrected chi connectivity index (χ1v) is 6.53. The summed E-state index contributed by atoms with van der Waals surface area (Å²) in [6.45, 7) is 1.20. The van der Waals surface area contributed by atoms with E-state index in [1.807, 2.05) is 11.9 Å². The van der Waals surface area contributed by atoms with E-state index >= 15 is 0 Å². The SMILES string of the molecule is CN(c1ccc(C(F)(F)F)cc1C(N)=S)C1CCOC1. The number of hydrogen-bond acceptors (Lipinski definition) is 3. The van der Waals surface area contributed by atoms with Gasteiger partial charge in [0.05, 0.1) is 18.2 Å². The number of likely N-dealkylation sites (N-methyl/N-ethyl adjacent to an activating group) is 1. The normalized spacial score (nSPS) is 19.1. The summed E-state index contributed by atoms with van der Waals surface area (Å²) >= 11 is 4.88. The molecule has 0 aliphatic carbocycles. The quantitative estimate of drug-likeness (QED) is 0.871. The van der Waals surface area contributed by atoms with E-state index in [0.717, 1.165) is 18.6 Å². The lowest BCUT2D eigenvalue weighted by molar-refractivity contribution is -0.137. The van der Waals surface area contributed by atoms with Crippen molar-refractivity contribution < 1.29 is 17.9 Å². The van der Waals surface area contributed by atoms with Crippen molar-refractivity contribution >= 4 is 22.9 Å². The van der Waals surface area contributed by atoms with Gasteiger partial charge in [0.2, 0.25) is 0 Å². The Morgan fingerprint density at radius 1 is 1.45 bits per heavy atom. The Balaban J connectivity index is 2.39. The molecule has 1 saturated heterocycles. The van der Waals surface area contributed by atoms with Crippen LogP contribution in [0.25, 0.3) is 0 Å². The van der Waals surface area contributed by atoms with E-state index in [-0.39, 0.29) is 16.6 Å². The van der Waals surface area contributed by atoms with Gasteiger partial charge in [0.15, 0.2) is 0 Å². The summed E-state index contributed by atoms with van der Waals surface area (Å²) in [7, 11) is 1.81. The van der Waals surface area contributed by atoms with Crippen molar-refractivity contribution in [1.82, 2.24) is 0 Å². The number of anilines is 1. The van der Waals surface area contributed by atoms with Crippen LogP contribution in [-0.4, -0.2) is 31.3 Å². The molecule has 0 aromatic heterocycles. The predicted molar refractivity (Wildman–Crippen MR) is 75.0 cm³/mol. The molecule has 0 radical (unpaired) electrons. The maximum atomic E-state index is 12.7. The van der Waals surface area contributed by atoms with Crippen molar-refractivity contribution in [2.75, 3.05) is 25.2 Å². The number of nitrogens with zero attached hydrogens (tertiary/aromatic N) is 1. The van der Waals surface area contributed by atoms with Crippen LogP contribution in [0.2, 0.25) is 0 Å². The zero-order valence-corrected chi connectivity index (χ0v) is 11.7. The molecule has 0 amide bonds. The van der Waals surface area contributed by atoms with Crippen LogP contribution in [0.1, 0.15) is 17.5 Å². The molecule has 1 aliphatic heterocycles. The molecule has 1 aromatic carbocycles. The van der Waals surface area contributed by atoms with Gasteiger partial charge in [-0.3, -0.25) is 0 Å². The van der Waals surface area contributed by atoms with Crippen molar-refractivity contribution in [2.24, 2.45) is 5.73 Å². The van der Waals surface area contributed by atoms with E-state index in [1.165, 1.54) is 6.07 Å². The summed E-state index contributed by atoms with van der Waals surface area (Å²) in [4.78, 5) is 1.83. The topological polar surface area (TPSA) is 38.5 Å². The molecule has 0 spiro atoms. The third kappa shape index (κ3) is 3.04. The summed E-state index contributed by atoms with van der Waals surface area (Å²) in [6, 6.07) is 3.59. The van der Waals surface area contributed by atoms with Gasteiger partial charge in [-0.1, -0.05) is 12.2 Å². The third-order valence-electron chi connectivity index (χ3n) is 3.42. The molecular formula is C13H15F3N2OS. The van der Waals surface area contributed by atoms with Crippen LogP contribution in [0.3, 0.4) is 0 Å². The number of hydrogen-bond donors (Lipinski definition) is 1. The molecule has 1 aromatic rings. The molecule has 0 bridgehead atoms. The number of benzene rings is 1. The van der Waals surface area contributed by atoms with Gasteiger partial charge in [0.1, 0.15) is 4.99 Å². The van der Waals surface area contributed by atoms with Gasteiger partial charge in [-0.2, -0.15) is 13.2 Å². The monoisotopic (exact) mass is 304 g/mol. The van der Waals surface area contributed by atoms with Crippen molar-refractivity contribution in [2.45, 2.75) is 18.6 Å².